The lowest BCUT2D eigenvalue weighted by Crippen LogP contribution is -2.37. The van der Waals surface area contributed by atoms with Gasteiger partial charge in [-0.1, -0.05) is 11.8 Å². The Kier molecular flexibility index (Phi) is 2.89. The Morgan fingerprint density at radius 2 is 2.07 bits per heavy atom. The minimum Gasteiger partial charge on any atom is -0.384 e. The van der Waals surface area contributed by atoms with Crippen LogP contribution in [0.3, 0.4) is 0 Å². The van der Waals surface area contributed by atoms with Crippen molar-refractivity contribution in [2.45, 2.75) is 0 Å². The summed E-state index contributed by atoms with van der Waals surface area (Å²) in [6, 6.07) is 0. The predicted octanol–water partition coefficient (Wildman–Crippen LogP) is -1.57. The fourth-order valence-electron chi connectivity index (χ4n) is 1.03. The van der Waals surface area contributed by atoms with Crippen molar-refractivity contribution in [1.82, 2.24) is 9.13 Å². The molecule has 0 aliphatic heterocycles. The molecule has 14 heavy (non-hydrogen) atoms. The summed E-state index contributed by atoms with van der Waals surface area (Å²) >= 11 is 0. The first-order chi connectivity index (χ1) is 6.57. The topological polar surface area (TPSA) is 64.2 Å². The van der Waals surface area contributed by atoms with Crippen LogP contribution in [0.5, 0.6) is 0 Å². The molecule has 1 heterocycles. The molecule has 0 saturated carbocycles. The van der Waals surface area contributed by atoms with E-state index in [1.165, 1.54) is 24.9 Å². The standard InChI is InChI=1S/C9H10N2O3/c1-10-6-7(4-3-5-12)8(13)11(2)9(10)14/h6,12H,5H2,1-2H3. The molecule has 0 fully saturated rings. The van der Waals surface area contributed by atoms with Gasteiger partial charge in [-0.15, -0.1) is 0 Å². The monoisotopic (exact) mass is 194 g/mol. The first-order valence-corrected chi connectivity index (χ1v) is 3.94. The number of aliphatic hydroxyl groups is 1. The smallest absolute Gasteiger partial charge is 0.330 e. The lowest BCUT2D eigenvalue weighted by Gasteiger charge is -2.01. The Hall–Kier alpha value is -1.80. The Labute approximate surface area is 80.2 Å². The van der Waals surface area contributed by atoms with Gasteiger partial charge in [0.05, 0.1) is 0 Å². The van der Waals surface area contributed by atoms with Crippen molar-refractivity contribution in [3.63, 3.8) is 0 Å². The summed E-state index contributed by atoms with van der Waals surface area (Å²) in [4.78, 5) is 22.7. The second-order valence-corrected chi connectivity index (χ2v) is 2.76. The van der Waals surface area contributed by atoms with Crippen molar-refractivity contribution < 1.29 is 5.11 Å². The van der Waals surface area contributed by atoms with E-state index in [9.17, 15) is 9.59 Å². The van der Waals surface area contributed by atoms with Crippen molar-refractivity contribution >= 4 is 0 Å². The molecule has 0 unspecified atom stereocenters. The van der Waals surface area contributed by atoms with Gasteiger partial charge < -0.3 is 9.67 Å². The molecule has 0 aliphatic carbocycles. The molecule has 0 bridgehead atoms. The fraction of sp³-hybridized carbons (Fsp3) is 0.333. The van der Waals surface area contributed by atoms with Crippen molar-refractivity contribution in [3.05, 3.63) is 32.6 Å². The minimum atomic E-state index is -0.450. The van der Waals surface area contributed by atoms with Gasteiger partial charge in [0.1, 0.15) is 12.2 Å². The minimum absolute atomic E-state index is 0.198. The van der Waals surface area contributed by atoms with E-state index < -0.39 is 11.2 Å². The zero-order valence-corrected chi connectivity index (χ0v) is 7.94. The molecular formula is C9H10N2O3. The number of hydrogen-bond acceptors (Lipinski definition) is 3. The van der Waals surface area contributed by atoms with Crippen LogP contribution >= 0.6 is 0 Å². The zero-order valence-electron chi connectivity index (χ0n) is 7.94. The fourth-order valence-corrected chi connectivity index (χ4v) is 1.03. The molecule has 0 saturated heterocycles. The number of aromatic nitrogens is 2. The molecule has 5 nitrogen and oxygen atoms in total. The second-order valence-electron chi connectivity index (χ2n) is 2.76. The van der Waals surface area contributed by atoms with Crippen molar-refractivity contribution in [2.24, 2.45) is 14.1 Å². The van der Waals surface area contributed by atoms with E-state index in [0.29, 0.717) is 0 Å². The molecule has 0 radical (unpaired) electrons. The van der Waals surface area contributed by atoms with Crippen LogP contribution in [0.4, 0.5) is 0 Å². The van der Waals surface area contributed by atoms with Crippen LogP contribution < -0.4 is 11.2 Å². The Morgan fingerprint density at radius 1 is 1.43 bits per heavy atom. The molecule has 0 aliphatic rings. The van der Waals surface area contributed by atoms with E-state index in [2.05, 4.69) is 11.8 Å². The maximum absolute atomic E-state index is 11.4. The van der Waals surface area contributed by atoms with Crippen LogP contribution in [0.2, 0.25) is 0 Å². The van der Waals surface area contributed by atoms with Gasteiger partial charge in [0, 0.05) is 20.3 Å². The van der Waals surface area contributed by atoms with Gasteiger partial charge in [-0.2, -0.15) is 0 Å². The molecule has 0 amide bonds. The summed E-state index contributed by atoms with van der Waals surface area (Å²) in [5.41, 5.74) is -0.651. The lowest BCUT2D eigenvalue weighted by molar-refractivity contribution is 0.350. The first kappa shape index (κ1) is 10.3. The quantitative estimate of drug-likeness (QED) is 0.507. The summed E-state index contributed by atoms with van der Waals surface area (Å²) < 4.78 is 2.24. The largest absolute Gasteiger partial charge is 0.384 e. The molecule has 74 valence electrons. The highest BCUT2D eigenvalue weighted by Gasteiger charge is 2.03. The van der Waals surface area contributed by atoms with Crippen LogP contribution in [0, 0.1) is 11.8 Å². The highest BCUT2D eigenvalue weighted by Crippen LogP contribution is 1.82. The third-order valence-electron chi connectivity index (χ3n) is 1.75. The summed E-state index contributed by atoms with van der Waals surface area (Å²) in [5, 5.41) is 8.46. The summed E-state index contributed by atoms with van der Waals surface area (Å²) in [5.74, 6) is 4.83. The molecule has 0 aromatic carbocycles. The predicted molar refractivity (Wildman–Crippen MR) is 50.9 cm³/mol. The van der Waals surface area contributed by atoms with E-state index in [4.69, 9.17) is 5.11 Å². The number of aliphatic hydroxyl groups excluding tert-OH is 1. The molecule has 0 atom stereocenters. The third-order valence-corrected chi connectivity index (χ3v) is 1.75. The van der Waals surface area contributed by atoms with Gasteiger partial charge in [0.15, 0.2) is 0 Å². The molecule has 1 aromatic heterocycles. The van der Waals surface area contributed by atoms with E-state index in [-0.39, 0.29) is 12.2 Å². The average molecular weight is 194 g/mol. The normalized spacial score (nSPS) is 9.36. The summed E-state index contributed by atoms with van der Waals surface area (Å²) in [7, 11) is 2.92. The summed E-state index contributed by atoms with van der Waals surface area (Å²) in [6.45, 7) is -0.313. The molecule has 0 spiro atoms. The van der Waals surface area contributed by atoms with Crippen LogP contribution in [-0.4, -0.2) is 20.8 Å². The van der Waals surface area contributed by atoms with Gasteiger partial charge in [-0.3, -0.25) is 9.36 Å². The van der Waals surface area contributed by atoms with E-state index >= 15 is 0 Å². The number of rotatable bonds is 0. The Balaban J connectivity index is 3.49. The maximum atomic E-state index is 11.4. The van der Waals surface area contributed by atoms with Crippen LogP contribution in [0.25, 0.3) is 0 Å². The number of aryl methyl sites for hydroxylation is 1. The molecule has 1 aromatic rings. The second kappa shape index (κ2) is 3.94. The van der Waals surface area contributed by atoms with Crippen molar-refractivity contribution in [1.29, 1.82) is 0 Å². The Bertz CT molecular complexity index is 514. The van der Waals surface area contributed by atoms with Gasteiger partial charge in [-0.05, 0) is 0 Å². The highest BCUT2D eigenvalue weighted by atomic mass is 16.2. The molecule has 1 rings (SSSR count). The van der Waals surface area contributed by atoms with Gasteiger partial charge in [0.25, 0.3) is 5.56 Å². The first-order valence-electron chi connectivity index (χ1n) is 3.94. The lowest BCUT2D eigenvalue weighted by atomic mass is 10.3. The third kappa shape index (κ3) is 1.75. The number of nitrogens with zero attached hydrogens (tertiary/aromatic N) is 2. The van der Waals surface area contributed by atoms with Crippen LogP contribution in [0.15, 0.2) is 15.8 Å². The van der Waals surface area contributed by atoms with E-state index in [1.807, 2.05) is 0 Å². The molecule has 1 N–H and O–H groups in total. The SMILES string of the molecule is Cn1cc(C#CCO)c(=O)n(C)c1=O. The van der Waals surface area contributed by atoms with Gasteiger partial charge in [0.2, 0.25) is 0 Å². The van der Waals surface area contributed by atoms with E-state index in [0.717, 1.165) is 4.57 Å². The number of hydrogen-bond donors (Lipinski definition) is 1. The average Bonchev–Trinajstić information content (AvgIpc) is 2.18. The summed E-state index contributed by atoms with van der Waals surface area (Å²) in [6.07, 6.45) is 1.35. The van der Waals surface area contributed by atoms with Gasteiger partial charge >= 0.3 is 5.69 Å². The Morgan fingerprint density at radius 3 is 2.64 bits per heavy atom. The highest BCUT2D eigenvalue weighted by molar-refractivity contribution is 5.29. The zero-order chi connectivity index (χ0) is 10.7. The van der Waals surface area contributed by atoms with Crippen LogP contribution in [0.1, 0.15) is 5.56 Å². The van der Waals surface area contributed by atoms with Crippen molar-refractivity contribution in [3.8, 4) is 11.8 Å². The molecular weight excluding hydrogens is 184 g/mol. The van der Waals surface area contributed by atoms with Crippen LogP contribution in [-0.2, 0) is 14.1 Å². The van der Waals surface area contributed by atoms with E-state index in [1.54, 1.807) is 0 Å². The molecule has 5 heteroatoms. The maximum Gasteiger partial charge on any atom is 0.330 e. The van der Waals surface area contributed by atoms with Crippen molar-refractivity contribution in [2.75, 3.05) is 6.61 Å². The van der Waals surface area contributed by atoms with Gasteiger partial charge in [-0.25, -0.2) is 4.79 Å².